The molecule has 0 aliphatic rings. The summed E-state index contributed by atoms with van der Waals surface area (Å²) in [4.78, 5) is 0. The lowest BCUT2D eigenvalue weighted by molar-refractivity contribution is -0.870. The van der Waals surface area contributed by atoms with Crippen LogP contribution in [0.2, 0.25) is 0 Å². The molecule has 0 heterocycles. The normalized spacial score (nSPS) is 13.1. The Labute approximate surface area is 104 Å². The predicted octanol–water partition coefficient (Wildman–Crippen LogP) is 4.47. The Morgan fingerprint density at radius 2 is 1.12 bits per heavy atom. The summed E-state index contributed by atoms with van der Waals surface area (Å²) in [6, 6.07) is 0. The minimum absolute atomic E-state index is 0.531. The smallest absolute Gasteiger partial charge is 0.0780 e. The first-order valence-corrected chi connectivity index (χ1v) is 7.01. The third kappa shape index (κ3) is 14.0. The van der Waals surface area contributed by atoms with Gasteiger partial charge in [0.1, 0.15) is 0 Å². The molecule has 98 valence electrons. The van der Waals surface area contributed by atoms with Crippen molar-refractivity contribution >= 4 is 0 Å². The number of nitrogens with zero attached hydrogens (tertiary/aromatic N) is 1. The van der Waals surface area contributed by atoms with E-state index in [1.54, 1.807) is 0 Å². The summed E-state index contributed by atoms with van der Waals surface area (Å²) in [6.45, 7) is 8.35. The van der Waals surface area contributed by atoms with Crippen LogP contribution in [0.5, 0.6) is 0 Å². The highest BCUT2D eigenvalue weighted by atomic mass is 15.3. The van der Waals surface area contributed by atoms with Crippen LogP contribution in [0.4, 0.5) is 0 Å². The highest BCUT2D eigenvalue weighted by molar-refractivity contribution is 4.60. The van der Waals surface area contributed by atoms with E-state index < -0.39 is 0 Å². The zero-order chi connectivity index (χ0) is 12.7. The Bertz CT molecular complexity index is 139. The van der Waals surface area contributed by atoms with Gasteiger partial charge in [-0.1, -0.05) is 46.5 Å². The molecule has 0 aromatic carbocycles. The predicted molar refractivity (Wildman–Crippen MR) is 74.7 cm³/mol. The molecule has 0 aliphatic heterocycles. The lowest BCUT2D eigenvalue weighted by atomic mass is 9.89. The average Bonchev–Trinajstić information content (AvgIpc) is 2.06. The molecule has 1 nitrogen and oxygen atoms in total. The van der Waals surface area contributed by atoms with Crippen LogP contribution in [-0.4, -0.2) is 32.2 Å². The van der Waals surface area contributed by atoms with Crippen LogP contribution in [0.3, 0.4) is 0 Å². The molecule has 0 saturated carbocycles. The van der Waals surface area contributed by atoms with Crippen LogP contribution in [0.15, 0.2) is 0 Å². The van der Waals surface area contributed by atoms with E-state index in [2.05, 4.69) is 41.9 Å². The van der Waals surface area contributed by atoms with Crippen molar-refractivity contribution in [3.8, 4) is 0 Å². The molecule has 0 bridgehead atoms. The first-order chi connectivity index (χ1) is 7.21. The van der Waals surface area contributed by atoms with Gasteiger partial charge in [0.15, 0.2) is 0 Å². The van der Waals surface area contributed by atoms with E-state index in [0.717, 1.165) is 4.48 Å². The van der Waals surface area contributed by atoms with E-state index in [1.807, 2.05) is 0 Å². The second-order valence-corrected chi connectivity index (χ2v) is 7.45. The van der Waals surface area contributed by atoms with Crippen molar-refractivity contribution in [1.82, 2.24) is 0 Å². The molecule has 0 radical (unpaired) electrons. The van der Waals surface area contributed by atoms with Gasteiger partial charge in [-0.3, -0.25) is 0 Å². The van der Waals surface area contributed by atoms with E-state index in [4.69, 9.17) is 0 Å². The fraction of sp³-hybridized carbons (Fsp3) is 1.00. The average molecular weight is 228 g/mol. The highest BCUT2D eigenvalue weighted by Crippen LogP contribution is 2.22. The topological polar surface area (TPSA) is 0 Å². The first kappa shape index (κ1) is 16.0. The highest BCUT2D eigenvalue weighted by Gasteiger charge is 2.09. The second-order valence-electron chi connectivity index (χ2n) is 7.45. The minimum Gasteiger partial charge on any atom is -0.331 e. The summed E-state index contributed by atoms with van der Waals surface area (Å²) >= 11 is 0. The number of unbranched alkanes of at least 4 members (excludes halogenated alkanes) is 5. The van der Waals surface area contributed by atoms with Gasteiger partial charge in [-0.2, -0.15) is 0 Å². The number of hydrogen-bond acceptors (Lipinski definition) is 0. The van der Waals surface area contributed by atoms with Gasteiger partial charge in [0, 0.05) is 0 Å². The maximum absolute atomic E-state index is 2.34. The Balaban J connectivity index is 3.17. The van der Waals surface area contributed by atoms with Gasteiger partial charge in [-0.25, -0.2) is 0 Å². The van der Waals surface area contributed by atoms with Crippen LogP contribution >= 0.6 is 0 Å². The van der Waals surface area contributed by atoms with Crippen molar-refractivity contribution in [1.29, 1.82) is 0 Å². The fourth-order valence-corrected chi connectivity index (χ4v) is 1.95. The van der Waals surface area contributed by atoms with Crippen molar-refractivity contribution < 1.29 is 4.48 Å². The molecular weight excluding hydrogens is 194 g/mol. The molecule has 0 rings (SSSR count). The zero-order valence-electron chi connectivity index (χ0n) is 12.6. The summed E-state index contributed by atoms with van der Waals surface area (Å²) in [6.07, 6.45) is 9.91. The molecule has 0 N–H and O–H groups in total. The van der Waals surface area contributed by atoms with Gasteiger partial charge in [0.2, 0.25) is 0 Å². The van der Waals surface area contributed by atoms with Crippen LogP contribution < -0.4 is 0 Å². The Morgan fingerprint density at radius 3 is 1.56 bits per heavy atom. The molecule has 1 heteroatoms. The van der Waals surface area contributed by atoms with E-state index in [0.29, 0.717) is 5.41 Å². The Morgan fingerprint density at radius 1 is 0.688 bits per heavy atom. The van der Waals surface area contributed by atoms with Gasteiger partial charge in [-0.05, 0) is 24.7 Å². The SMILES string of the molecule is CC(C)(C)CCCCCCCC[N+](C)(C)C. The number of rotatable bonds is 8. The molecule has 0 aromatic heterocycles. The summed E-state index contributed by atoms with van der Waals surface area (Å²) < 4.78 is 1.12. The fourth-order valence-electron chi connectivity index (χ4n) is 1.95. The number of quaternary nitrogens is 1. The van der Waals surface area contributed by atoms with Crippen LogP contribution in [0.25, 0.3) is 0 Å². The second kappa shape index (κ2) is 7.32. The van der Waals surface area contributed by atoms with Gasteiger partial charge >= 0.3 is 0 Å². The lowest BCUT2D eigenvalue weighted by Crippen LogP contribution is -2.35. The van der Waals surface area contributed by atoms with Gasteiger partial charge in [0.05, 0.1) is 27.7 Å². The van der Waals surface area contributed by atoms with Crippen molar-refractivity contribution in [2.75, 3.05) is 27.7 Å². The minimum atomic E-state index is 0.531. The molecule has 0 atom stereocenters. The standard InChI is InChI=1S/C15H34N/c1-15(2,3)13-11-9-7-8-10-12-14-16(4,5)6/h7-14H2,1-6H3/q+1. The van der Waals surface area contributed by atoms with E-state index in [-0.39, 0.29) is 0 Å². The molecule has 0 aliphatic carbocycles. The maximum atomic E-state index is 2.34. The summed E-state index contributed by atoms with van der Waals surface area (Å²) in [5.41, 5.74) is 0.531. The first-order valence-electron chi connectivity index (χ1n) is 7.01. The third-order valence-corrected chi connectivity index (χ3v) is 3.01. The van der Waals surface area contributed by atoms with Gasteiger partial charge < -0.3 is 4.48 Å². The van der Waals surface area contributed by atoms with Crippen molar-refractivity contribution in [2.24, 2.45) is 5.41 Å². The molecule has 0 amide bonds. The Hall–Kier alpha value is -0.0400. The summed E-state index contributed by atoms with van der Waals surface area (Å²) in [5, 5.41) is 0. The molecule has 16 heavy (non-hydrogen) atoms. The van der Waals surface area contributed by atoms with E-state index in [9.17, 15) is 0 Å². The maximum Gasteiger partial charge on any atom is 0.0780 e. The molecule has 0 unspecified atom stereocenters. The molecular formula is C15H34N+. The summed E-state index contributed by atoms with van der Waals surface area (Å²) in [5.74, 6) is 0. The number of hydrogen-bond donors (Lipinski definition) is 0. The molecule has 0 fully saturated rings. The van der Waals surface area contributed by atoms with Crippen LogP contribution in [0.1, 0.15) is 65.7 Å². The molecule has 0 spiro atoms. The molecule has 0 saturated heterocycles. The third-order valence-electron chi connectivity index (χ3n) is 3.01. The van der Waals surface area contributed by atoms with E-state index >= 15 is 0 Å². The van der Waals surface area contributed by atoms with E-state index in [1.165, 1.54) is 51.5 Å². The van der Waals surface area contributed by atoms with Crippen molar-refractivity contribution in [2.45, 2.75) is 65.7 Å². The summed E-state index contributed by atoms with van der Waals surface area (Å²) in [7, 11) is 6.84. The van der Waals surface area contributed by atoms with Gasteiger partial charge in [0.25, 0.3) is 0 Å². The van der Waals surface area contributed by atoms with Crippen LogP contribution in [-0.2, 0) is 0 Å². The Kier molecular flexibility index (Phi) is 7.30. The van der Waals surface area contributed by atoms with Gasteiger partial charge in [-0.15, -0.1) is 0 Å². The van der Waals surface area contributed by atoms with Crippen LogP contribution in [0, 0.1) is 5.41 Å². The van der Waals surface area contributed by atoms with Crippen molar-refractivity contribution in [3.63, 3.8) is 0 Å². The molecule has 0 aromatic rings. The largest absolute Gasteiger partial charge is 0.331 e. The monoisotopic (exact) mass is 228 g/mol. The zero-order valence-corrected chi connectivity index (χ0v) is 12.6. The van der Waals surface area contributed by atoms with Crippen molar-refractivity contribution in [3.05, 3.63) is 0 Å². The quantitative estimate of drug-likeness (QED) is 0.425. The lowest BCUT2D eigenvalue weighted by Gasteiger charge is -2.23.